The highest BCUT2D eigenvalue weighted by Crippen LogP contribution is 2.24. The molecule has 3 heteroatoms. The van der Waals surface area contributed by atoms with Gasteiger partial charge in [0.25, 0.3) is 0 Å². The van der Waals surface area contributed by atoms with Gasteiger partial charge in [0.05, 0.1) is 0 Å². The highest BCUT2D eigenvalue weighted by atomic mass is 32.2. The average Bonchev–Trinajstić information content (AvgIpc) is 2.26. The van der Waals surface area contributed by atoms with Gasteiger partial charge >= 0.3 is 0 Å². The predicted octanol–water partition coefficient (Wildman–Crippen LogP) is 2.98. The molecule has 0 radical (unpaired) electrons. The van der Waals surface area contributed by atoms with E-state index in [0.29, 0.717) is 4.75 Å². The lowest BCUT2D eigenvalue weighted by Gasteiger charge is -2.36. The Hall–Kier alpha value is 0.270. The van der Waals surface area contributed by atoms with Gasteiger partial charge in [0.15, 0.2) is 0 Å². The minimum atomic E-state index is 0.410. The van der Waals surface area contributed by atoms with Gasteiger partial charge in [0.1, 0.15) is 0 Å². The van der Waals surface area contributed by atoms with Crippen molar-refractivity contribution < 1.29 is 0 Å². The van der Waals surface area contributed by atoms with Gasteiger partial charge in [-0.1, -0.05) is 34.1 Å². The fraction of sp³-hybridized carbons (Fsp3) is 1.00. The van der Waals surface area contributed by atoms with Gasteiger partial charge in [-0.3, -0.25) is 4.90 Å². The zero-order chi connectivity index (χ0) is 12.7. The number of nitrogens with one attached hydrogen (secondary N) is 1. The van der Waals surface area contributed by atoms with E-state index in [4.69, 9.17) is 0 Å². The molecule has 1 rings (SSSR count). The molecule has 1 saturated heterocycles. The third-order valence-corrected chi connectivity index (χ3v) is 4.55. The molecule has 1 unspecified atom stereocenters. The number of piperidine rings is 1. The van der Waals surface area contributed by atoms with Crippen LogP contribution < -0.4 is 5.32 Å². The molecule has 0 aromatic heterocycles. The molecule has 0 spiro atoms. The standard InChI is InChI=1S/C14H30N2S/c1-5-15-12-13-8-6-7-9-16(13)10-11-17-14(2,3)4/h13,15H,5-12H2,1-4H3. The summed E-state index contributed by atoms with van der Waals surface area (Å²) in [5.74, 6) is 1.27. The van der Waals surface area contributed by atoms with Crippen LogP contribution in [0, 0.1) is 0 Å². The van der Waals surface area contributed by atoms with E-state index < -0.39 is 0 Å². The van der Waals surface area contributed by atoms with Gasteiger partial charge in [-0.25, -0.2) is 0 Å². The molecular formula is C14H30N2S. The molecule has 0 amide bonds. The van der Waals surface area contributed by atoms with Gasteiger partial charge in [0.2, 0.25) is 0 Å². The molecular weight excluding hydrogens is 228 g/mol. The van der Waals surface area contributed by atoms with Crippen LogP contribution in [-0.2, 0) is 0 Å². The summed E-state index contributed by atoms with van der Waals surface area (Å²) in [6, 6.07) is 0.782. The number of likely N-dealkylation sites (tertiary alicyclic amines) is 1. The number of thioether (sulfide) groups is 1. The quantitative estimate of drug-likeness (QED) is 0.788. The molecule has 0 aliphatic carbocycles. The molecule has 0 aromatic rings. The van der Waals surface area contributed by atoms with Crippen molar-refractivity contribution in [3.63, 3.8) is 0 Å². The number of likely N-dealkylation sites (N-methyl/N-ethyl adjacent to an activating group) is 1. The molecule has 0 bridgehead atoms. The molecule has 1 heterocycles. The second-order valence-corrected chi connectivity index (χ2v) is 7.88. The first-order valence-corrected chi connectivity index (χ1v) is 8.10. The fourth-order valence-electron chi connectivity index (χ4n) is 2.37. The summed E-state index contributed by atoms with van der Waals surface area (Å²) >= 11 is 2.09. The van der Waals surface area contributed by atoms with Crippen LogP contribution in [0.5, 0.6) is 0 Å². The van der Waals surface area contributed by atoms with Crippen molar-refractivity contribution in [1.82, 2.24) is 10.2 Å². The van der Waals surface area contributed by atoms with Crippen LogP contribution in [0.3, 0.4) is 0 Å². The van der Waals surface area contributed by atoms with Crippen molar-refractivity contribution in [1.29, 1.82) is 0 Å². The fourth-order valence-corrected chi connectivity index (χ4v) is 3.30. The smallest absolute Gasteiger partial charge is 0.0220 e. The maximum Gasteiger partial charge on any atom is 0.0220 e. The van der Waals surface area contributed by atoms with Crippen LogP contribution in [0.25, 0.3) is 0 Å². The zero-order valence-corrected chi connectivity index (χ0v) is 12.9. The van der Waals surface area contributed by atoms with Crippen molar-refractivity contribution in [3.05, 3.63) is 0 Å². The van der Waals surface area contributed by atoms with Crippen molar-refractivity contribution in [2.75, 3.05) is 31.9 Å². The number of hydrogen-bond acceptors (Lipinski definition) is 3. The van der Waals surface area contributed by atoms with Crippen LogP contribution in [0.15, 0.2) is 0 Å². The maximum atomic E-state index is 3.51. The first kappa shape index (κ1) is 15.3. The molecule has 102 valence electrons. The second kappa shape index (κ2) is 7.65. The van der Waals surface area contributed by atoms with Gasteiger partial charge in [-0.2, -0.15) is 11.8 Å². The Morgan fingerprint density at radius 1 is 1.29 bits per heavy atom. The third kappa shape index (κ3) is 6.68. The van der Waals surface area contributed by atoms with E-state index in [2.05, 4.69) is 49.7 Å². The summed E-state index contributed by atoms with van der Waals surface area (Å²) in [5.41, 5.74) is 0. The lowest BCUT2D eigenvalue weighted by molar-refractivity contribution is 0.155. The van der Waals surface area contributed by atoms with Crippen LogP contribution in [0.4, 0.5) is 0 Å². The molecule has 1 aliphatic rings. The van der Waals surface area contributed by atoms with Crippen LogP contribution in [-0.4, -0.2) is 47.6 Å². The van der Waals surface area contributed by atoms with E-state index in [0.717, 1.165) is 12.6 Å². The summed E-state index contributed by atoms with van der Waals surface area (Å²) in [5, 5.41) is 3.51. The summed E-state index contributed by atoms with van der Waals surface area (Å²) in [7, 11) is 0. The summed E-state index contributed by atoms with van der Waals surface area (Å²) in [6.07, 6.45) is 4.19. The monoisotopic (exact) mass is 258 g/mol. The Bertz CT molecular complexity index is 201. The molecule has 1 atom stereocenters. The number of hydrogen-bond donors (Lipinski definition) is 1. The van der Waals surface area contributed by atoms with E-state index >= 15 is 0 Å². The Morgan fingerprint density at radius 3 is 2.71 bits per heavy atom. The Labute approximate surface area is 112 Å². The van der Waals surface area contributed by atoms with E-state index in [1.54, 1.807) is 0 Å². The van der Waals surface area contributed by atoms with Crippen molar-refractivity contribution in [3.8, 4) is 0 Å². The Kier molecular flexibility index (Phi) is 6.90. The zero-order valence-electron chi connectivity index (χ0n) is 12.1. The van der Waals surface area contributed by atoms with E-state index in [1.807, 2.05) is 0 Å². The molecule has 2 nitrogen and oxygen atoms in total. The minimum Gasteiger partial charge on any atom is -0.315 e. The lowest BCUT2D eigenvalue weighted by atomic mass is 10.0. The second-order valence-electron chi connectivity index (χ2n) is 5.95. The minimum absolute atomic E-state index is 0.410. The molecule has 1 aliphatic heterocycles. The summed E-state index contributed by atoms with van der Waals surface area (Å²) in [4.78, 5) is 2.70. The predicted molar refractivity (Wildman–Crippen MR) is 80.0 cm³/mol. The topological polar surface area (TPSA) is 15.3 Å². The molecule has 0 saturated carbocycles. The normalized spacial score (nSPS) is 22.9. The van der Waals surface area contributed by atoms with Crippen LogP contribution in [0.1, 0.15) is 47.0 Å². The van der Waals surface area contributed by atoms with Gasteiger partial charge < -0.3 is 5.32 Å². The number of rotatable bonds is 6. The number of nitrogens with zero attached hydrogens (tertiary/aromatic N) is 1. The van der Waals surface area contributed by atoms with Gasteiger partial charge in [-0.15, -0.1) is 0 Å². The van der Waals surface area contributed by atoms with Crippen molar-refractivity contribution in [2.45, 2.75) is 57.7 Å². The summed E-state index contributed by atoms with van der Waals surface area (Å²) < 4.78 is 0.410. The highest BCUT2D eigenvalue weighted by molar-refractivity contribution is 8.00. The maximum absolute atomic E-state index is 3.51. The van der Waals surface area contributed by atoms with Gasteiger partial charge in [-0.05, 0) is 25.9 Å². The summed E-state index contributed by atoms with van der Waals surface area (Å²) in [6.45, 7) is 14.0. The van der Waals surface area contributed by atoms with Crippen molar-refractivity contribution in [2.24, 2.45) is 0 Å². The Morgan fingerprint density at radius 2 is 2.06 bits per heavy atom. The Balaban J connectivity index is 2.27. The highest BCUT2D eigenvalue weighted by Gasteiger charge is 2.22. The molecule has 1 fully saturated rings. The average molecular weight is 258 g/mol. The first-order valence-electron chi connectivity index (χ1n) is 7.11. The first-order chi connectivity index (χ1) is 8.03. The lowest BCUT2D eigenvalue weighted by Crippen LogP contribution is -2.46. The van der Waals surface area contributed by atoms with Crippen LogP contribution >= 0.6 is 11.8 Å². The van der Waals surface area contributed by atoms with E-state index in [9.17, 15) is 0 Å². The van der Waals surface area contributed by atoms with Crippen molar-refractivity contribution >= 4 is 11.8 Å². The molecule has 17 heavy (non-hydrogen) atoms. The largest absolute Gasteiger partial charge is 0.315 e. The SMILES string of the molecule is CCNCC1CCCCN1CCSC(C)(C)C. The molecule has 1 N–H and O–H groups in total. The van der Waals surface area contributed by atoms with E-state index in [-0.39, 0.29) is 0 Å². The van der Waals surface area contributed by atoms with E-state index in [1.165, 1.54) is 44.6 Å². The third-order valence-electron chi connectivity index (χ3n) is 3.29. The van der Waals surface area contributed by atoms with Gasteiger partial charge in [0, 0.05) is 29.6 Å². The van der Waals surface area contributed by atoms with Crippen LogP contribution in [0.2, 0.25) is 0 Å². The molecule has 0 aromatic carbocycles.